The van der Waals surface area contributed by atoms with Crippen LogP contribution in [0.5, 0.6) is 0 Å². The predicted octanol–water partition coefficient (Wildman–Crippen LogP) is 4.03. The van der Waals surface area contributed by atoms with Crippen molar-refractivity contribution in [3.05, 3.63) is 40.9 Å². The average Bonchev–Trinajstić information content (AvgIpc) is 3.11. The SMILES string of the molecule is CC(C)(CNCc1csc(-c2ccc(C(F)(F)F)cc2)n1)N1CCOCC1. The van der Waals surface area contributed by atoms with Crippen molar-refractivity contribution in [2.75, 3.05) is 32.8 Å². The van der Waals surface area contributed by atoms with Gasteiger partial charge in [0.1, 0.15) is 5.01 Å². The van der Waals surface area contributed by atoms with Crippen molar-refractivity contribution in [2.45, 2.75) is 32.1 Å². The zero-order valence-corrected chi connectivity index (χ0v) is 16.3. The molecule has 27 heavy (non-hydrogen) atoms. The van der Waals surface area contributed by atoms with Crippen LogP contribution >= 0.6 is 11.3 Å². The summed E-state index contributed by atoms with van der Waals surface area (Å²) < 4.78 is 43.4. The van der Waals surface area contributed by atoms with E-state index in [-0.39, 0.29) is 5.54 Å². The molecule has 4 nitrogen and oxygen atoms in total. The second kappa shape index (κ2) is 8.26. The zero-order valence-electron chi connectivity index (χ0n) is 15.5. The van der Waals surface area contributed by atoms with E-state index in [4.69, 9.17) is 4.74 Å². The third kappa shape index (κ3) is 5.28. The monoisotopic (exact) mass is 399 g/mol. The van der Waals surface area contributed by atoms with E-state index in [0.29, 0.717) is 12.1 Å². The van der Waals surface area contributed by atoms with Crippen LogP contribution in [0.15, 0.2) is 29.6 Å². The summed E-state index contributed by atoms with van der Waals surface area (Å²) in [6.45, 7) is 9.27. The highest BCUT2D eigenvalue weighted by atomic mass is 32.1. The topological polar surface area (TPSA) is 37.4 Å². The number of aromatic nitrogens is 1. The molecule has 0 amide bonds. The van der Waals surface area contributed by atoms with Crippen LogP contribution < -0.4 is 5.32 Å². The Kier molecular flexibility index (Phi) is 6.20. The fourth-order valence-corrected chi connectivity index (χ4v) is 3.93. The van der Waals surface area contributed by atoms with E-state index in [2.05, 4.69) is 29.0 Å². The second-order valence-corrected chi connectivity index (χ2v) is 8.09. The average molecular weight is 399 g/mol. The highest BCUT2D eigenvalue weighted by Crippen LogP contribution is 2.31. The van der Waals surface area contributed by atoms with Crippen LogP contribution in [0, 0.1) is 0 Å². The normalized spacial score (nSPS) is 16.6. The van der Waals surface area contributed by atoms with Crippen LogP contribution in [-0.2, 0) is 17.5 Å². The molecule has 148 valence electrons. The van der Waals surface area contributed by atoms with Crippen molar-refractivity contribution in [1.29, 1.82) is 0 Å². The first-order chi connectivity index (χ1) is 12.8. The molecule has 0 atom stereocenters. The maximum absolute atomic E-state index is 12.7. The Balaban J connectivity index is 1.55. The van der Waals surface area contributed by atoms with Gasteiger partial charge < -0.3 is 10.1 Å². The van der Waals surface area contributed by atoms with E-state index in [1.165, 1.54) is 23.5 Å². The first kappa shape index (κ1) is 20.3. The standard InChI is InChI=1S/C19H24F3N3OS/c1-18(2,25-7-9-26-10-8-25)13-23-11-16-12-27-17(24-16)14-3-5-15(6-4-14)19(20,21)22/h3-6,12,23H,7-11,13H2,1-2H3. The van der Waals surface area contributed by atoms with Gasteiger partial charge in [0.2, 0.25) is 0 Å². The molecule has 0 radical (unpaired) electrons. The van der Waals surface area contributed by atoms with Gasteiger partial charge in [-0.1, -0.05) is 12.1 Å². The smallest absolute Gasteiger partial charge is 0.379 e. The third-order valence-electron chi connectivity index (χ3n) is 4.74. The van der Waals surface area contributed by atoms with Gasteiger partial charge in [-0.25, -0.2) is 4.98 Å². The Morgan fingerprint density at radius 3 is 2.44 bits per heavy atom. The summed E-state index contributed by atoms with van der Waals surface area (Å²) in [5, 5.41) is 6.12. The molecule has 1 aliphatic heterocycles. The van der Waals surface area contributed by atoms with Crippen molar-refractivity contribution in [3.63, 3.8) is 0 Å². The third-order valence-corrected chi connectivity index (χ3v) is 5.68. The second-order valence-electron chi connectivity index (χ2n) is 7.23. The molecular formula is C19H24F3N3OS. The summed E-state index contributed by atoms with van der Waals surface area (Å²) in [4.78, 5) is 6.96. The lowest BCUT2D eigenvalue weighted by Crippen LogP contribution is -2.54. The van der Waals surface area contributed by atoms with Crippen LogP contribution in [0.4, 0.5) is 13.2 Å². The van der Waals surface area contributed by atoms with E-state index in [9.17, 15) is 13.2 Å². The lowest BCUT2D eigenvalue weighted by Gasteiger charge is -2.41. The summed E-state index contributed by atoms with van der Waals surface area (Å²) in [6, 6.07) is 5.14. The number of morpholine rings is 1. The van der Waals surface area contributed by atoms with Gasteiger partial charge in [0.25, 0.3) is 0 Å². The summed E-state index contributed by atoms with van der Waals surface area (Å²) in [5.41, 5.74) is 0.978. The number of halogens is 3. The molecule has 1 saturated heterocycles. The highest BCUT2D eigenvalue weighted by molar-refractivity contribution is 7.13. The molecule has 3 rings (SSSR count). The number of ether oxygens (including phenoxy) is 1. The predicted molar refractivity (Wildman–Crippen MR) is 101 cm³/mol. The Morgan fingerprint density at radius 2 is 1.81 bits per heavy atom. The minimum Gasteiger partial charge on any atom is -0.379 e. The number of hydrogen-bond acceptors (Lipinski definition) is 5. The molecule has 8 heteroatoms. The van der Waals surface area contributed by atoms with Crippen LogP contribution in [0.25, 0.3) is 10.6 Å². The molecule has 2 aromatic rings. The minimum absolute atomic E-state index is 0.0239. The van der Waals surface area contributed by atoms with Gasteiger partial charge in [-0.2, -0.15) is 13.2 Å². The molecular weight excluding hydrogens is 375 g/mol. The quantitative estimate of drug-likeness (QED) is 0.796. The number of nitrogens with zero attached hydrogens (tertiary/aromatic N) is 2. The molecule has 2 heterocycles. The van der Waals surface area contributed by atoms with Crippen molar-refractivity contribution in [3.8, 4) is 10.6 Å². The van der Waals surface area contributed by atoms with Gasteiger partial charge in [0.15, 0.2) is 0 Å². The number of thiazole rings is 1. The lowest BCUT2D eigenvalue weighted by molar-refractivity contribution is -0.137. The summed E-state index contributed by atoms with van der Waals surface area (Å²) in [5.74, 6) is 0. The molecule has 0 unspecified atom stereocenters. The highest BCUT2D eigenvalue weighted by Gasteiger charge is 2.30. The first-order valence-electron chi connectivity index (χ1n) is 8.91. The Morgan fingerprint density at radius 1 is 1.15 bits per heavy atom. The Labute approximate surface area is 161 Å². The number of benzene rings is 1. The van der Waals surface area contributed by atoms with Crippen LogP contribution in [0.3, 0.4) is 0 Å². The molecule has 0 bridgehead atoms. The molecule has 1 aromatic carbocycles. The van der Waals surface area contributed by atoms with E-state index < -0.39 is 11.7 Å². The number of hydrogen-bond donors (Lipinski definition) is 1. The summed E-state index contributed by atoms with van der Waals surface area (Å²) in [6.07, 6.45) is -4.32. The van der Waals surface area contributed by atoms with E-state index in [1.54, 1.807) is 0 Å². The molecule has 1 N–H and O–H groups in total. The molecule has 0 aliphatic carbocycles. The van der Waals surface area contributed by atoms with Crippen LogP contribution in [0.2, 0.25) is 0 Å². The van der Waals surface area contributed by atoms with Crippen LogP contribution in [0.1, 0.15) is 25.1 Å². The lowest BCUT2D eigenvalue weighted by atomic mass is 10.0. The Hall–Kier alpha value is -1.48. The largest absolute Gasteiger partial charge is 0.416 e. The number of rotatable bonds is 6. The minimum atomic E-state index is -4.32. The van der Waals surface area contributed by atoms with E-state index in [1.807, 2.05) is 5.38 Å². The Bertz CT molecular complexity index is 737. The zero-order chi connectivity index (χ0) is 19.5. The summed E-state index contributed by atoms with van der Waals surface area (Å²) in [7, 11) is 0. The molecule has 0 saturated carbocycles. The number of alkyl halides is 3. The molecule has 1 aliphatic rings. The van der Waals surface area contributed by atoms with Crippen molar-refractivity contribution in [1.82, 2.24) is 15.2 Å². The summed E-state index contributed by atoms with van der Waals surface area (Å²) >= 11 is 1.44. The van der Waals surface area contributed by atoms with Gasteiger partial charge in [0, 0.05) is 42.7 Å². The van der Waals surface area contributed by atoms with Crippen LogP contribution in [-0.4, -0.2) is 48.3 Å². The maximum atomic E-state index is 12.7. The van der Waals surface area contributed by atoms with Gasteiger partial charge in [-0.3, -0.25) is 4.90 Å². The van der Waals surface area contributed by atoms with Gasteiger partial charge in [-0.05, 0) is 26.0 Å². The van der Waals surface area contributed by atoms with E-state index >= 15 is 0 Å². The fraction of sp³-hybridized carbons (Fsp3) is 0.526. The number of nitrogens with one attached hydrogen (secondary N) is 1. The van der Waals surface area contributed by atoms with Crippen molar-refractivity contribution in [2.24, 2.45) is 0 Å². The molecule has 0 spiro atoms. The first-order valence-corrected chi connectivity index (χ1v) is 9.79. The van der Waals surface area contributed by atoms with Gasteiger partial charge in [0.05, 0.1) is 24.5 Å². The molecule has 1 fully saturated rings. The van der Waals surface area contributed by atoms with Gasteiger partial charge >= 0.3 is 6.18 Å². The maximum Gasteiger partial charge on any atom is 0.416 e. The fourth-order valence-electron chi connectivity index (χ4n) is 3.10. The van der Waals surface area contributed by atoms with Crippen molar-refractivity contribution < 1.29 is 17.9 Å². The van der Waals surface area contributed by atoms with Crippen molar-refractivity contribution >= 4 is 11.3 Å². The van der Waals surface area contributed by atoms with Gasteiger partial charge in [-0.15, -0.1) is 11.3 Å². The molecule has 1 aromatic heterocycles. The van der Waals surface area contributed by atoms with E-state index in [0.717, 1.165) is 55.7 Å².